The fourth-order valence-electron chi connectivity index (χ4n) is 2.34. The first kappa shape index (κ1) is 15.4. The van der Waals surface area contributed by atoms with Crippen LogP contribution in [0.3, 0.4) is 0 Å². The molecule has 0 radical (unpaired) electrons. The van der Waals surface area contributed by atoms with Crippen molar-refractivity contribution in [2.75, 3.05) is 18.1 Å². The van der Waals surface area contributed by atoms with E-state index in [1.54, 1.807) is 11.8 Å². The topological polar surface area (TPSA) is 106 Å². The van der Waals surface area contributed by atoms with Crippen LogP contribution in [-0.4, -0.2) is 55.5 Å². The van der Waals surface area contributed by atoms with E-state index in [-0.39, 0.29) is 29.9 Å². The lowest BCUT2D eigenvalue weighted by atomic mass is 10.2. The number of hydrogen-bond donors (Lipinski definition) is 1. The number of carboxylic acids is 1. The molecule has 0 saturated carbocycles. The second-order valence-corrected chi connectivity index (χ2v) is 5.87. The van der Waals surface area contributed by atoms with E-state index in [4.69, 9.17) is 5.11 Å². The van der Waals surface area contributed by atoms with Gasteiger partial charge in [-0.05, 0) is 11.0 Å². The third-order valence-corrected chi connectivity index (χ3v) is 4.49. The van der Waals surface area contributed by atoms with Gasteiger partial charge >= 0.3 is 11.8 Å². The normalized spacial score (nSPS) is 18.5. The van der Waals surface area contributed by atoms with Crippen molar-refractivity contribution < 1.29 is 19.6 Å². The molecule has 0 bridgehead atoms. The third-order valence-electron chi connectivity index (χ3n) is 3.40. The first-order valence-electron chi connectivity index (χ1n) is 6.32. The molecule has 1 aromatic rings. The summed E-state index contributed by atoms with van der Waals surface area (Å²) in [5, 5.41) is 19.7. The number of thioether (sulfide) groups is 1. The van der Waals surface area contributed by atoms with Gasteiger partial charge in [-0.15, -0.1) is 0 Å². The second-order valence-electron chi connectivity index (χ2n) is 4.72. The smallest absolute Gasteiger partial charge is 0.323 e. The average molecular weight is 313 g/mol. The van der Waals surface area contributed by atoms with Gasteiger partial charge in [0.25, 0.3) is 5.91 Å². The van der Waals surface area contributed by atoms with E-state index in [9.17, 15) is 19.7 Å². The summed E-state index contributed by atoms with van der Waals surface area (Å²) in [5.74, 6) is -0.200. The first-order chi connectivity index (χ1) is 9.91. The minimum Gasteiger partial charge on any atom is -0.481 e. The molecule has 0 aliphatic carbocycles. The van der Waals surface area contributed by atoms with Crippen LogP contribution in [0.1, 0.15) is 16.9 Å². The number of rotatable bonds is 4. The number of carbonyl (C=O) groups is 2. The molecule has 1 saturated heterocycles. The number of carbonyl (C=O) groups excluding carboxylic acids is 1. The van der Waals surface area contributed by atoms with Gasteiger partial charge in [0.2, 0.25) is 0 Å². The van der Waals surface area contributed by atoms with Crippen LogP contribution in [0, 0.1) is 10.1 Å². The summed E-state index contributed by atoms with van der Waals surface area (Å²) >= 11 is 1.60. The molecule has 1 atom stereocenters. The van der Waals surface area contributed by atoms with E-state index in [1.165, 1.54) is 28.6 Å². The Labute approximate surface area is 124 Å². The molecule has 0 spiro atoms. The van der Waals surface area contributed by atoms with Gasteiger partial charge in [0.1, 0.15) is 0 Å². The van der Waals surface area contributed by atoms with Crippen molar-refractivity contribution in [2.24, 2.45) is 7.05 Å². The highest BCUT2D eigenvalue weighted by Crippen LogP contribution is 2.23. The number of aliphatic carboxylic acids is 1. The lowest BCUT2D eigenvalue weighted by Gasteiger charge is -2.34. The molecule has 21 heavy (non-hydrogen) atoms. The van der Waals surface area contributed by atoms with E-state index in [2.05, 4.69) is 0 Å². The van der Waals surface area contributed by atoms with Crippen LogP contribution in [0.15, 0.2) is 12.1 Å². The van der Waals surface area contributed by atoms with Crippen molar-refractivity contribution in [2.45, 2.75) is 12.5 Å². The molecule has 1 aliphatic heterocycles. The quantitative estimate of drug-likeness (QED) is 0.655. The molecule has 2 rings (SSSR count). The lowest BCUT2D eigenvalue weighted by Crippen LogP contribution is -2.47. The summed E-state index contributed by atoms with van der Waals surface area (Å²) < 4.78 is 1.22. The van der Waals surface area contributed by atoms with Crippen LogP contribution in [0.5, 0.6) is 0 Å². The van der Waals surface area contributed by atoms with Crippen molar-refractivity contribution in [3.05, 3.63) is 27.9 Å². The zero-order valence-corrected chi connectivity index (χ0v) is 12.2. The predicted octanol–water partition coefficient (Wildman–Crippen LogP) is 0.966. The van der Waals surface area contributed by atoms with Crippen LogP contribution < -0.4 is 0 Å². The largest absolute Gasteiger partial charge is 0.481 e. The van der Waals surface area contributed by atoms with Gasteiger partial charge in [-0.3, -0.25) is 9.59 Å². The van der Waals surface area contributed by atoms with Crippen molar-refractivity contribution in [1.29, 1.82) is 0 Å². The Morgan fingerprint density at radius 3 is 2.81 bits per heavy atom. The maximum Gasteiger partial charge on any atom is 0.323 e. The van der Waals surface area contributed by atoms with Crippen LogP contribution in [0.4, 0.5) is 5.82 Å². The van der Waals surface area contributed by atoms with Crippen molar-refractivity contribution in [1.82, 2.24) is 9.47 Å². The van der Waals surface area contributed by atoms with Crippen LogP contribution in [-0.2, 0) is 11.8 Å². The molecule has 1 fully saturated rings. The van der Waals surface area contributed by atoms with E-state index in [0.717, 1.165) is 5.75 Å². The average Bonchev–Trinajstić information content (AvgIpc) is 2.80. The predicted molar refractivity (Wildman–Crippen MR) is 76.5 cm³/mol. The minimum atomic E-state index is -0.960. The Kier molecular flexibility index (Phi) is 4.51. The molecule has 1 amide bonds. The van der Waals surface area contributed by atoms with Crippen LogP contribution in [0.2, 0.25) is 0 Å². The van der Waals surface area contributed by atoms with E-state index >= 15 is 0 Å². The molecule has 114 valence electrons. The summed E-state index contributed by atoms with van der Waals surface area (Å²) in [6.07, 6.45) is -0.120. The molecule has 2 heterocycles. The van der Waals surface area contributed by atoms with Gasteiger partial charge in [-0.1, -0.05) is 0 Å². The summed E-state index contributed by atoms with van der Waals surface area (Å²) in [6.45, 7) is 0.445. The highest BCUT2D eigenvalue weighted by molar-refractivity contribution is 7.99. The Balaban J connectivity index is 2.24. The summed E-state index contributed by atoms with van der Waals surface area (Å²) in [4.78, 5) is 35.2. The molecule has 1 N–H and O–H groups in total. The minimum absolute atomic E-state index is 0.120. The summed E-state index contributed by atoms with van der Waals surface area (Å²) in [5.41, 5.74) is 0.198. The third kappa shape index (κ3) is 3.18. The Bertz CT molecular complexity index is 585. The number of carboxylic acid groups (broad SMARTS) is 1. The Hall–Kier alpha value is -2.03. The maximum absolute atomic E-state index is 12.5. The van der Waals surface area contributed by atoms with Crippen LogP contribution in [0.25, 0.3) is 0 Å². The zero-order valence-electron chi connectivity index (χ0n) is 11.4. The molecular weight excluding hydrogens is 298 g/mol. The van der Waals surface area contributed by atoms with Gasteiger partial charge in [0.15, 0.2) is 5.69 Å². The van der Waals surface area contributed by atoms with Gasteiger partial charge < -0.3 is 20.1 Å². The van der Waals surface area contributed by atoms with Gasteiger partial charge in [0.05, 0.1) is 19.5 Å². The standard InChI is InChI=1S/C12H15N3O5S/c1-13-9(2-3-10(13)15(19)20)12(18)14-4-5-21-7-8(14)6-11(16)17/h2-3,8H,4-7H2,1H3,(H,16,17). The zero-order chi connectivity index (χ0) is 15.6. The number of nitro groups is 1. The highest BCUT2D eigenvalue weighted by Gasteiger charge is 2.33. The molecular formula is C12H15N3O5S. The highest BCUT2D eigenvalue weighted by atomic mass is 32.2. The fourth-order valence-corrected chi connectivity index (χ4v) is 3.40. The number of amides is 1. The van der Waals surface area contributed by atoms with Gasteiger partial charge in [-0.25, -0.2) is 4.57 Å². The summed E-state index contributed by atoms with van der Waals surface area (Å²) in [6, 6.07) is 2.29. The number of aromatic nitrogens is 1. The Morgan fingerprint density at radius 1 is 1.52 bits per heavy atom. The SMILES string of the molecule is Cn1c(C(=O)N2CCSCC2CC(=O)O)ccc1[N+](=O)[O-]. The van der Waals surface area contributed by atoms with E-state index in [0.29, 0.717) is 12.3 Å². The molecule has 9 heteroatoms. The van der Waals surface area contributed by atoms with E-state index < -0.39 is 10.9 Å². The fraction of sp³-hybridized carbons (Fsp3) is 0.500. The number of hydrogen-bond acceptors (Lipinski definition) is 5. The molecule has 1 unspecified atom stereocenters. The number of nitrogens with zero attached hydrogens (tertiary/aromatic N) is 3. The maximum atomic E-state index is 12.5. The molecule has 0 aromatic carbocycles. The molecule has 8 nitrogen and oxygen atoms in total. The Morgan fingerprint density at radius 2 is 2.24 bits per heavy atom. The van der Waals surface area contributed by atoms with Crippen molar-refractivity contribution in [3.63, 3.8) is 0 Å². The second kappa shape index (κ2) is 6.17. The van der Waals surface area contributed by atoms with Gasteiger partial charge in [-0.2, -0.15) is 11.8 Å². The van der Waals surface area contributed by atoms with Crippen molar-refractivity contribution >= 4 is 29.5 Å². The lowest BCUT2D eigenvalue weighted by molar-refractivity contribution is -0.391. The van der Waals surface area contributed by atoms with E-state index in [1.807, 2.05) is 0 Å². The first-order valence-corrected chi connectivity index (χ1v) is 7.48. The monoisotopic (exact) mass is 313 g/mol. The van der Waals surface area contributed by atoms with Crippen molar-refractivity contribution in [3.8, 4) is 0 Å². The summed E-state index contributed by atoms with van der Waals surface area (Å²) in [7, 11) is 1.45. The molecule has 1 aliphatic rings. The van der Waals surface area contributed by atoms with Crippen LogP contribution >= 0.6 is 11.8 Å². The van der Waals surface area contributed by atoms with Gasteiger partial charge in [0, 0.05) is 24.1 Å². The molecule has 1 aromatic heterocycles.